The first kappa shape index (κ1) is 21.3. The SMILES string of the molecule is COCCNC(=O)C[C@H]1CC[C@@H](CNC(=O)Cc2c(C)[nH]c3ccccc23)N1C. The van der Waals surface area contributed by atoms with E-state index in [1.165, 1.54) is 0 Å². The van der Waals surface area contributed by atoms with Crippen LogP contribution in [-0.4, -0.2) is 67.6 Å². The quantitative estimate of drug-likeness (QED) is 0.560. The molecule has 1 fully saturated rings. The Kier molecular flexibility index (Phi) is 7.28. The van der Waals surface area contributed by atoms with Crippen LogP contribution < -0.4 is 10.6 Å². The summed E-state index contributed by atoms with van der Waals surface area (Å²) in [5, 5.41) is 7.08. The largest absolute Gasteiger partial charge is 0.383 e. The van der Waals surface area contributed by atoms with Gasteiger partial charge in [-0.1, -0.05) is 18.2 Å². The molecule has 2 amide bonds. The zero-order chi connectivity index (χ0) is 20.8. The van der Waals surface area contributed by atoms with E-state index in [2.05, 4.69) is 26.6 Å². The van der Waals surface area contributed by atoms with Gasteiger partial charge in [0, 0.05) is 55.3 Å². The monoisotopic (exact) mass is 400 g/mol. The number of amides is 2. The van der Waals surface area contributed by atoms with Gasteiger partial charge in [0.25, 0.3) is 0 Å². The van der Waals surface area contributed by atoms with E-state index in [4.69, 9.17) is 4.74 Å². The number of nitrogens with one attached hydrogen (secondary N) is 3. The first-order valence-electron chi connectivity index (χ1n) is 10.3. The normalized spacial score (nSPS) is 19.6. The molecular weight excluding hydrogens is 368 g/mol. The lowest BCUT2D eigenvalue weighted by atomic mass is 10.1. The van der Waals surface area contributed by atoms with Crippen LogP contribution in [0, 0.1) is 6.92 Å². The summed E-state index contributed by atoms with van der Waals surface area (Å²) in [4.78, 5) is 30.2. The van der Waals surface area contributed by atoms with E-state index >= 15 is 0 Å². The fourth-order valence-electron chi connectivity index (χ4n) is 4.18. The van der Waals surface area contributed by atoms with Gasteiger partial charge in [0.05, 0.1) is 13.0 Å². The Labute approximate surface area is 172 Å². The Hall–Kier alpha value is -2.38. The number of aryl methyl sites for hydroxylation is 1. The van der Waals surface area contributed by atoms with Crippen LogP contribution >= 0.6 is 0 Å². The molecule has 1 aliphatic heterocycles. The molecule has 7 heteroatoms. The van der Waals surface area contributed by atoms with E-state index in [0.717, 1.165) is 35.0 Å². The highest BCUT2D eigenvalue weighted by Crippen LogP contribution is 2.25. The van der Waals surface area contributed by atoms with Gasteiger partial charge in [-0.3, -0.25) is 14.5 Å². The van der Waals surface area contributed by atoms with Gasteiger partial charge in [0.2, 0.25) is 11.8 Å². The number of hydrogen-bond donors (Lipinski definition) is 3. The summed E-state index contributed by atoms with van der Waals surface area (Å²) in [6.45, 7) is 3.68. The molecule has 7 nitrogen and oxygen atoms in total. The van der Waals surface area contributed by atoms with Crippen LogP contribution in [0.5, 0.6) is 0 Å². The molecular formula is C22H32N4O3. The van der Waals surface area contributed by atoms with Crippen LogP contribution in [0.15, 0.2) is 24.3 Å². The number of H-pyrrole nitrogens is 1. The molecule has 29 heavy (non-hydrogen) atoms. The van der Waals surface area contributed by atoms with E-state index in [0.29, 0.717) is 32.5 Å². The highest BCUT2D eigenvalue weighted by molar-refractivity contribution is 5.90. The summed E-state index contributed by atoms with van der Waals surface area (Å²) in [6, 6.07) is 8.55. The number of methoxy groups -OCH3 is 1. The fraction of sp³-hybridized carbons (Fsp3) is 0.545. The second kappa shape index (κ2) is 9.89. The Morgan fingerprint density at radius 2 is 1.93 bits per heavy atom. The topological polar surface area (TPSA) is 86.5 Å². The standard InChI is InChI=1S/C22H32N4O3/c1-15-19(18-6-4-5-7-20(18)25-15)13-22(28)24-14-17-9-8-16(26(17)2)12-21(27)23-10-11-29-3/h4-7,16-17,25H,8-14H2,1-3H3,(H,23,27)(H,24,28)/t16-,17+/m1/s1. The van der Waals surface area contributed by atoms with Gasteiger partial charge in [-0.05, 0) is 38.4 Å². The highest BCUT2D eigenvalue weighted by atomic mass is 16.5. The number of aromatic nitrogens is 1. The maximum absolute atomic E-state index is 12.6. The van der Waals surface area contributed by atoms with Gasteiger partial charge in [0.1, 0.15) is 0 Å². The molecule has 3 N–H and O–H groups in total. The van der Waals surface area contributed by atoms with Crippen LogP contribution in [0.25, 0.3) is 10.9 Å². The van der Waals surface area contributed by atoms with Crippen molar-refractivity contribution in [2.24, 2.45) is 0 Å². The van der Waals surface area contributed by atoms with E-state index in [-0.39, 0.29) is 23.9 Å². The molecule has 158 valence electrons. The third-order valence-electron chi connectivity index (χ3n) is 5.93. The third-order valence-corrected chi connectivity index (χ3v) is 5.93. The van der Waals surface area contributed by atoms with Crippen LogP contribution in [-0.2, 0) is 20.7 Å². The molecule has 0 radical (unpaired) electrons. The first-order chi connectivity index (χ1) is 14.0. The minimum atomic E-state index is 0.0343. The Bertz CT molecular complexity index is 848. The molecule has 1 saturated heterocycles. The molecule has 0 unspecified atom stereocenters. The summed E-state index contributed by atoms with van der Waals surface area (Å²) < 4.78 is 4.96. The van der Waals surface area contributed by atoms with E-state index in [1.54, 1.807) is 7.11 Å². The summed E-state index contributed by atoms with van der Waals surface area (Å²) in [5.74, 6) is 0.0883. The van der Waals surface area contributed by atoms with Crippen molar-refractivity contribution in [2.75, 3.05) is 33.9 Å². The summed E-state index contributed by atoms with van der Waals surface area (Å²) in [5.41, 5.74) is 3.16. The second-order valence-corrected chi connectivity index (χ2v) is 7.85. The van der Waals surface area contributed by atoms with Crippen molar-refractivity contribution >= 4 is 22.7 Å². The Balaban J connectivity index is 1.47. The van der Waals surface area contributed by atoms with E-state index < -0.39 is 0 Å². The number of hydrogen-bond acceptors (Lipinski definition) is 4. The molecule has 0 aliphatic carbocycles. The highest BCUT2D eigenvalue weighted by Gasteiger charge is 2.31. The first-order valence-corrected chi connectivity index (χ1v) is 10.3. The Morgan fingerprint density at radius 1 is 1.17 bits per heavy atom. The number of para-hydroxylation sites is 1. The molecule has 0 bridgehead atoms. The summed E-state index contributed by atoms with van der Waals surface area (Å²) >= 11 is 0. The number of likely N-dealkylation sites (tertiary alicyclic amines) is 1. The summed E-state index contributed by atoms with van der Waals surface area (Å²) in [6.07, 6.45) is 2.81. The van der Waals surface area contributed by atoms with Gasteiger partial charge in [0.15, 0.2) is 0 Å². The third kappa shape index (κ3) is 5.36. The molecule has 2 atom stereocenters. The number of aromatic amines is 1. The van der Waals surface area contributed by atoms with Gasteiger partial charge in [-0.2, -0.15) is 0 Å². The average molecular weight is 401 g/mol. The number of nitrogens with zero attached hydrogens (tertiary/aromatic N) is 1. The van der Waals surface area contributed by atoms with Crippen molar-refractivity contribution in [3.05, 3.63) is 35.5 Å². The van der Waals surface area contributed by atoms with Crippen LogP contribution in [0.4, 0.5) is 0 Å². The van der Waals surface area contributed by atoms with Crippen LogP contribution in [0.3, 0.4) is 0 Å². The predicted molar refractivity (Wildman–Crippen MR) is 114 cm³/mol. The maximum atomic E-state index is 12.6. The maximum Gasteiger partial charge on any atom is 0.224 e. The van der Waals surface area contributed by atoms with Crippen molar-refractivity contribution in [1.29, 1.82) is 0 Å². The van der Waals surface area contributed by atoms with Gasteiger partial charge >= 0.3 is 0 Å². The van der Waals surface area contributed by atoms with E-state index in [9.17, 15) is 9.59 Å². The van der Waals surface area contributed by atoms with Crippen molar-refractivity contribution < 1.29 is 14.3 Å². The van der Waals surface area contributed by atoms with Crippen molar-refractivity contribution in [2.45, 2.75) is 44.7 Å². The number of carbonyl (C=O) groups excluding carboxylic acids is 2. The lowest BCUT2D eigenvalue weighted by Gasteiger charge is -2.25. The second-order valence-electron chi connectivity index (χ2n) is 7.85. The minimum absolute atomic E-state index is 0.0343. The Morgan fingerprint density at radius 3 is 2.72 bits per heavy atom. The molecule has 1 aliphatic rings. The fourth-order valence-corrected chi connectivity index (χ4v) is 4.18. The van der Waals surface area contributed by atoms with Gasteiger partial charge in [-0.25, -0.2) is 0 Å². The molecule has 1 aromatic heterocycles. The minimum Gasteiger partial charge on any atom is -0.383 e. The molecule has 2 heterocycles. The average Bonchev–Trinajstić information content (AvgIpc) is 3.20. The molecule has 0 spiro atoms. The number of rotatable bonds is 9. The zero-order valence-electron chi connectivity index (χ0n) is 17.6. The van der Waals surface area contributed by atoms with Gasteiger partial charge in [-0.15, -0.1) is 0 Å². The predicted octanol–water partition coefficient (Wildman–Crippen LogP) is 1.75. The number of likely N-dealkylation sites (N-methyl/N-ethyl adjacent to an activating group) is 1. The lowest BCUT2D eigenvalue weighted by Crippen LogP contribution is -2.43. The molecule has 0 saturated carbocycles. The van der Waals surface area contributed by atoms with Gasteiger partial charge < -0.3 is 20.4 Å². The van der Waals surface area contributed by atoms with Crippen molar-refractivity contribution in [1.82, 2.24) is 20.5 Å². The summed E-state index contributed by atoms with van der Waals surface area (Å²) in [7, 11) is 3.66. The number of benzene rings is 1. The number of ether oxygens (including phenoxy) is 1. The zero-order valence-corrected chi connectivity index (χ0v) is 17.6. The van der Waals surface area contributed by atoms with Crippen LogP contribution in [0.2, 0.25) is 0 Å². The van der Waals surface area contributed by atoms with Crippen molar-refractivity contribution in [3.8, 4) is 0 Å². The van der Waals surface area contributed by atoms with E-state index in [1.807, 2.05) is 32.2 Å². The molecule has 2 aromatic rings. The van der Waals surface area contributed by atoms with Crippen molar-refractivity contribution in [3.63, 3.8) is 0 Å². The number of carbonyl (C=O) groups is 2. The van der Waals surface area contributed by atoms with Crippen LogP contribution in [0.1, 0.15) is 30.5 Å². The number of fused-ring (bicyclic) bond motifs is 1. The molecule has 1 aromatic carbocycles. The lowest BCUT2D eigenvalue weighted by molar-refractivity contribution is -0.123. The molecule has 3 rings (SSSR count). The smallest absolute Gasteiger partial charge is 0.224 e.